The van der Waals surface area contributed by atoms with E-state index in [2.05, 4.69) is 26.1 Å². The number of nitrogens with zero attached hydrogens (tertiary/aromatic N) is 2. The summed E-state index contributed by atoms with van der Waals surface area (Å²) >= 11 is 5.12. The first-order chi connectivity index (χ1) is 5.75. The van der Waals surface area contributed by atoms with E-state index in [1.165, 1.54) is 0 Å². The fraction of sp³-hybridized carbons (Fsp3) is 0. The molecule has 0 radical (unpaired) electrons. The van der Waals surface area contributed by atoms with Crippen molar-refractivity contribution >= 4 is 38.5 Å². The van der Waals surface area contributed by atoms with Gasteiger partial charge < -0.3 is 8.83 Å². The predicted octanol–water partition coefficient (Wildman–Crippen LogP) is 2.70. The predicted molar refractivity (Wildman–Crippen MR) is 52.4 cm³/mol. The van der Waals surface area contributed by atoms with Gasteiger partial charge in [-0.3, -0.25) is 0 Å². The highest BCUT2D eigenvalue weighted by Gasteiger charge is 2.09. The van der Waals surface area contributed by atoms with Gasteiger partial charge in [-0.25, -0.2) is 0 Å². The molecule has 2 aromatic rings. The summed E-state index contributed by atoms with van der Waals surface area (Å²) in [6, 6.07) is 3.53. The molecule has 0 fully saturated rings. The number of hydrogen-bond donors (Lipinski definition) is 0. The molecule has 4 nitrogen and oxygen atoms in total. The van der Waals surface area contributed by atoms with Crippen LogP contribution in [0.15, 0.2) is 25.6 Å². The first-order valence-electron chi connectivity index (χ1n) is 3.00. The van der Waals surface area contributed by atoms with E-state index < -0.39 is 0 Å². The molecule has 12 heavy (non-hydrogen) atoms. The Balaban J connectivity index is 2.43. The SMILES string of the molecule is Brc1ccc(-c2nnc(I)o2)o1. The minimum atomic E-state index is 0.394. The third kappa shape index (κ3) is 1.53. The van der Waals surface area contributed by atoms with Gasteiger partial charge in [0.05, 0.1) is 0 Å². The Morgan fingerprint density at radius 2 is 2.08 bits per heavy atom. The Kier molecular flexibility index (Phi) is 2.18. The minimum Gasteiger partial charge on any atom is -0.444 e. The highest BCUT2D eigenvalue weighted by atomic mass is 127. The Hall–Kier alpha value is -0.370. The summed E-state index contributed by atoms with van der Waals surface area (Å²) in [7, 11) is 0. The van der Waals surface area contributed by atoms with Gasteiger partial charge in [0, 0.05) is 22.6 Å². The smallest absolute Gasteiger partial charge is 0.284 e. The quantitative estimate of drug-likeness (QED) is 0.749. The number of aromatic nitrogens is 2. The lowest BCUT2D eigenvalue weighted by Crippen LogP contribution is -1.71. The van der Waals surface area contributed by atoms with Crippen LogP contribution in [-0.4, -0.2) is 10.2 Å². The Morgan fingerprint density at radius 1 is 1.25 bits per heavy atom. The van der Waals surface area contributed by atoms with E-state index in [1.807, 2.05) is 22.6 Å². The van der Waals surface area contributed by atoms with Gasteiger partial charge in [-0.2, -0.15) is 0 Å². The van der Waals surface area contributed by atoms with Crippen molar-refractivity contribution in [2.45, 2.75) is 0 Å². The van der Waals surface area contributed by atoms with Gasteiger partial charge in [0.2, 0.25) is 0 Å². The van der Waals surface area contributed by atoms with Gasteiger partial charge in [-0.05, 0) is 28.1 Å². The van der Waals surface area contributed by atoms with Crippen LogP contribution in [0.2, 0.25) is 0 Å². The van der Waals surface area contributed by atoms with Crippen LogP contribution in [0.4, 0.5) is 0 Å². The van der Waals surface area contributed by atoms with E-state index >= 15 is 0 Å². The summed E-state index contributed by atoms with van der Waals surface area (Å²) in [5, 5.41) is 7.46. The van der Waals surface area contributed by atoms with Crippen LogP contribution in [0.5, 0.6) is 0 Å². The summed E-state index contributed by atoms with van der Waals surface area (Å²) in [6.07, 6.45) is 0. The molecule has 0 amide bonds. The standard InChI is InChI=1S/C6H2BrIN2O2/c7-4-2-1-3(11-4)5-9-10-6(8)12-5/h1-2H. The fourth-order valence-corrected chi connectivity index (χ4v) is 1.36. The van der Waals surface area contributed by atoms with Crippen molar-refractivity contribution in [3.05, 3.63) is 20.7 Å². The molecule has 6 heteroatoms. The van der Waals surface area contributed by atoms with Gasteiger partial charge in [0.25, 0.3) is 9.79 Å². The average Bonchev–Trinajstić information content (AvgIpc) is 2.58. The van der Waals surface area contributed by atoms with Crippen molar-refractivity contribution in [2.75, 3.05) is 0 Å². The number of rotatable bonds is 1. The molecule has 0 aliphatic carbocycles. The summed E-state index contributed by atoms with van der Waals surface area (Å²) < 4.78 is 11.5. The van der Waals surface area contributed by atoms with Gasteiger partial charge in [-0.1, -0.05) is 0 Å². The molecule has 62 valence electrons. The number of halogens is 2. The molecule has 0 saturated heterocycles. The second-order valence-electron chi connectivity index (χ2n) is 1.96. The van der Waals surface area contributed by atoms with Crippen LogP contribution in [0.3, 0.4) is 0 Å². The highest BCUT2D eigenvalue weighted by Crippen LogP contribution is 2.23. The van der Waals surface area contributed by atoms with Crippen molar-refractivity contribution in [2.24, 2.45) is 0 Å². The van der Waals surface area contributed by atoms with Crippen molar-refractivity contribution in [1.29, 1.82) is 0 Å². The molecule has 0 bridgehead atoms. The lowest BCUT2D eigenvalue weighted by atomic mass is 10.5. The molecule has 0 atom stereocenters. The maximum atomic E-state index is 5.20. The van der Waals surface area contributed by atoms with E-state index in [0.29, 0.717) is 20.2 Å². The Bertz CT molecular complexity index is 359. The molecular weight excluding hydrogens is 339 g/mol. The van der Waals surface area contributed by atoms with Crippen molar-refractivity contribution < 1.29 is 8.83 Å². The highest BCUT2D eigenvalue weighted by molar-refractivity contribution is 14.1. The van der Waals surface area contributed by atoms with E-state index in [0.717, 1.165) is 0 Å². The molecule has 0 aliphatic rings. The maximum absolute atomic E-state index is 5.20. The second kappa shape index (κ2) is 3.17. The van der Waals surface area contributed by atoms with Gasteiger partial charge in [0.15, 0.2) is 10.4 Å². The zero-order chi connectivity index (χ0) is 8.55. The van der Waals surface area contributed by atoms with E-state index in [1.54, 1.807) is 12.1 Å². The van der Waals surface area contributed by atoms with Crippen LogP contribution in [0.1, 0.15) is 0 Å². The van der Waals surface area contributed by atoms with Crippen LogP contribution in [0, 0.1) is 3.90 Å². The first kappa shape index (κ1) is 8.24. The summed E-state index contributed by atoms with van der Waals surface area (Å²) in [6.45, 7) is 0. The molecule has 0 spiro atoms. The third-order valence-electron chi connectivity index (χ3n) is 1.18. The average molecular weight is 341 g/mol. The zero-order valence-electron chi connectivity index (χ0n) is 5.62. The van der Waals surface area contributed by atoms with Gasteiger partial charge in [-0.15, -0.1) is 10.2 Å². The van der Waals surface area contributed by atoms with E-state index in [9.17, 15) is 0 Å². The van der Waals surface area contributed by atoms with E-state index in [4.69, 9.17) is 8.83 Å². The largest absolute Gasteiger partial charge is 0.444 e. The van der Waals surface area contributed by atoms with Crippen LogP contribution in [0.25, 0.3) is 11.7 Å². The summed E-state index contributed by atoms with van der Waals surface area (Å²) in [5.74, 6) is 0.961. The lowest BCUT2D eigenvalue weighted by Gasteiger charge is -1.83. The second-order valence-corrected chi connectivity index (χ2v) is 3.67. The molecule has 2 aromatic heterocycles. The number of hydrogen-bond acceptors (Lipinski definition) is 4. The molecule has 0 unspecified atom stereocenters. The monoisotopic (exact) mass is 340 g/mol. The minimum absolute atomic E-state index is 0.394. The zero-order valence-corrected chi connectivity index (χ0v) is 9.37. The maximum Gasteiger partial charge on any atom is 0.284 e. The lowest BCUT2D eigenvalue weighted by molar-refractivity contribution is 0.490. The van der Waals surface area contributed by atoms with Crippen LogP contribution < -0.4 is 0 Å². The normalized spacial score (nSPS) is 10.5. The van der Waals surface area contributed by atoms with Gasteiger partial charge in [0.1, 0.15) is 0 Å². The van der Waals surface area contributed by atoms with Crippen molar-refractivity contribution in [3.8, 4) is 11.7 Å². The third-order valence-corrected chi connectivity index (χ3v) is 2.05. The van der Waals surface area contributed by atoms with Crippen LogP contribution >= 0.6 is 38.5 Å². The molecule has 0 aromatic carbocycles. The number of furan rings is 1. The topological polar surface area (TPSA) is 52.1 Å². The molecular formula is C6H2BrIN2O2. The van der Waals surface area contributed by atoms with Crippen LogP contribution in [-0.2, 0) is 0 Å². The molecule has 2 heterocycles. The Labute approximate surface area is 89.6 Å². The fourth-order valence-electron chi connectivity index (χ4n) is 0.734. The summed E-state index contributed by atoms with van der Waals surface area (Å²) in [5.41, 5.74) is 0. The molecule has 2 rings (SSSR count). The summed E-state index contributed by atoms with van der Waals surface area (Å²) in [4.78, 5) is 0. The van der Waals surface area contributed by atoms with E-state index in [-0.39, 0.29) is 0 Å². The molecule has 0 saturated carbocycles. The molecule has 0 aliphatic heterocycles. The molecule has 0 N–H and O–H groups in total. The Morgan fingerprint density at radius 3 is 2.58 bits per heavy atom. The first-order valence-corrected chi connectivity index (χ1v) is 4.87. The van der Waals surface area contributed by atoms with Crippen molar-refractivity contribution in [3.63, 3.8) is 0 Å². The van der Waals surface area contributed by atoms with Crippen molar-refractivity contribution in [1.82, 2.24) is 10.2 Å². The van der Waals surface area contributed by atoms with Gasteiger partial charge >= 0.3 is 0 Å².